The number of amides is 1. The van der Waals surface area contributed by atoms with Crippen LogP contribution in [0.5, 0.6) is 5.75 Å². The number of piperidine rings is 1. The summed E-state index contributed by atoms with van der Waals surface area (Å²) in [5.74, 6) is 1.87. The number of aromatic hydroxyl groups is 1. The molecule has 2 saturated carbocycles. The molecule has 0 unspecified atom stereocenters. The lowest BCUT2D eigenvalue weighted by molar-refractivity contribution is -0.139. The number of likely N-dealkylation sites (N-methyl/N-ethyl adjacent to an activating group) is 1. The zero-order valence-corrected chi connectivity index (χ0v) is 20.7. The first-order chi connectivity index (χ1) is 17.0. The van der Waals surface area contributed by atoms with Crippen molar-refractivity contribution in [2.45, 2.75) is 62.4 Å². The molecule has 5 atom stereocenters. The molecule has 1 spiro atoms. The Morgan fingerprint density at radius 2 is 1.94 bits per heavy atom. The number of hydrogen-bond donors (Lipinski definition) is 1. The summed E-state index contributed by atoms with van der Waals surface area (Å²) >= 11 is 0. The summed E-state index contributed by atoms with van der Waals surface area (Å²) in [6.07, 6.45) is 12.6. The van der Waals surface area contributed by atoms with Crippen LogP contribution in [0, 0.1) is 17.3 Å². The van der Waals surface area contributed by atoms with Gasteiger partial charge in [0.15, 0.2) is 0 Å². The Balaban J connectivity index is 1.27. The van der Waals surface area contributed by atoms with Crippen molar-refractivity contribution in [2.75, 3.05) is 20.1 Å². The average Bonchev–Trinajstić information content (AvgIpc) is 3.64. The third-order valence-electron chi connectivity index (χ3n) is 10.3. The molecule has 1 N–H and O–H groups in total. The van der Waals surface area contributed by atoms with Gasteiger partial charge in [-0.2, -0.15) is 0 Å². The minimum absolute atomic E-state index is 0.0268. The second-order valence-electron chi connectivity index (χ2n) is 12.1. The molecule has 4 nitrogen and oxygen atoms in total. The summed E-state index contributed by atoms with van der Waals surface area (Å²) in [6, 6.07) is 16.9. The zero-order valence-electron chi connectivity index (χ0n) is 20.7. The van der Waals surface area contributed by atoms with Crippen molar-refractivity contribution in [1.29, 1.82) is 0 Å². The Kier molecular flexibility index (Phi) is 4.77. The standard InChI is InChI=1S/C31H36N2O2/c1-32(29(35)15-21-5-3-2-4-6-21)27-19-30-13-14-33(20-22-7-8-22)28-12-10-24(27)18-31(28,30)17-23-9-11-25(34)16-26(23)30/h2-6,9-12,16,22,24,27-28,34H,7-8,13-15,17-20H2,1H3/t24-,27+,28+,30-,31-/m1/s1. The maximum atomic E-state index is 13.5. The first kappa shape index (κ1) is 21.7. The van der Waals surface area contributed by atoms with E-state index in [2.05, 4.69) is 34.1 Å². The van der Waals surface area contributed by atoms with Gasteiger partial charge in [0.25, 0.3) is 0 Å². The number of carbonyl (C=O) groups is 1. The number of rotatable bonds is 5. The minimum atomic E-state index is 0.0268. The molecule has 2 aromatic carbocycles. The Morgan fingerprint density at radius 1 is 1.11 bits per heavy atom. The summed E-state index contributed by atoms with van der Waals surface area (Å²) in [5.41, 5.74) is 4.08. The fraction of sp³-hybridized carbons (Fsp3) is 0.516. The van der Waals surface area contributed by atoms with Crippen LogP contribution in [0.15, 0.2) is 60.7 Å². The highest BCUT2D eigenvalue weighted by Gasteiger charge is 2.68. The van der Waals surface area contributed by atoms with E-state index < -0.39 is 0 Å². The van der Waals surface area contributed by atoms with Crippen molar-refractivity contribution in [2.24, 2.45) is 17.3 Å². The maximum absolute atomic E-state index is 13.5. The van der Waals surface area contributed by atoms with Crippen LogP contribution in [0.1, 0.15) is 48.8 Å². The third-order valence-corrected chi connectivity index (χ3v) is 10.3. The van der Waals surface area contributed by atoms with Crippen LogP contribution < -0.4 is 0 Å². The Bertz CT molecular complexity index is 1190. The number of likely N-dealkylation sites (tertiary alicyclic amines) is 1. The van der Waals surface area contributed by atoms with Gasteiger partial charge in [-0.15, -0.1) is 0 Å². The second kappa shape index (κ2) is 7.70. The van der Waals surface area contributed by atoms with Gasteiger partial charge in [0, 0.05) is 36.5 Å². The normalized spacial score (nSPS) is 34.8. The van der Waals surface area contributed by atoms with E-state index in [9.17, 15) is 9.90 Å². The summed E-state index contributed by atoms with van der Waals surface area (Å²) in [7, 11) is 2.03. The Labute approximate surface area is 208 Å². The zero-order chi connectivity index (χ0) is 23.8. The first-order valence-electron chi connectivity index (χ1n) is 13.5. The van der Waals surface area contributed by atoms with Gasteiger partial charge in [-0.3, -0.25) is 9.69 Å². The number of nitrogens with zero attached hydrogens (tertiary/aromatic N) is 2. The van der Waals surface area contributed by atoms with Crippen molar-refractivity contribution in [3.8, 4) is 5.75 Å². The predicted molar refractivity (Wildman–Crippen MR) is 137 cm³/mol. The largest absolute Gasteiger partial charge is 0.508 e. The van der Waals surface area contributed by atoms with Crippen molar-refractivity contribution >= 4 is 5.91 Å². The first-order valence-corrected chi connectivity index (χ1v) is 13.5. The average molecular weight is 469 g/mol. The van der Waals surface area contributed by atoms with Gasteiger partial charge in [-0.05, 0) is 85.7 Å². The number of fused-ring (bicyclic) bond motifs is 2. The van der Waals surface area contributed by atoms with Gasteiger partial charge in [-0.25, -0.2) is 0 Å². The molecular formula is C31H36N2O2. The van der Waals surface area contributed by atoms with E-state index in [1.54, 1.807) is 0 Å². The molecule has 0 radical (unpaired) electrons. The molecule has 7 rings (SSSR count). The summed E-state index contributed by atoms with van der Waals surface area (Å²) in [5, 5.41) is 10.5. The lowest BCUT2D eigenvalue weighted by Gasteiger charge is -2.65. The highest BCUT2D eigenvalue weighted by atomic mass is 16.3. The molecule has 2 bridgehead atoms. The van der Waals surface area contributed by atoms with Gasteiger partial charge in [0.1, 0.15) is 5.75 Å². The number of phenols is 1. The molecule has 1 saturated heterocycles. The van der Waals surface area contributed by atoms with Gasteiger partial charge in [-0.1, -0.05) is 48.6 Å². The van der Waals surface area contributed by atoms with E-state index in [0.29, 0.717) is 24.1 Å². The number of benzene rings is 2. The molecule has 3 fully saturated rings. The Hall–Kier alpha value is -2.59. The Morgan fingerprint density at radius 3 is 2.74 bits per heavy atom. The fourth-order valence-corrected chi connectivity index (χ4v) is 8.50. The molecule has 35 heavy (non-hydrogen) atoms. The van der Waals surface area contributed by atoms with Crippen LogP contribution in [0.3, 0.4) is 0 Å². The van der Waals surface area contributed by atoms with E-state index in [4.69, 9.17) is 0 Å². The SMILES string of the molecule is CN(C(=O)Cc1ccccc1)[C@H]1C[C@@]23CCN(CC4CC4)[C@H]4C=C[C@@H]1C[C@]42Cc1ccc(O)cc13. The molecular weight excluding hydrogens is 432 g/mol. The topological polar surface area (TPSA) is 43.8 Å². The lowest BCUT2D eigenvalue weighted by Crippen LogP contribution is -2.68. The third kappa shape index (κ3) is 3.18. The summed E-state index contributed by atoms with van der Waals surface area (Å²) in [6.45, 7) is 2.35. The van der Waals surface area contributed by atoms with Crippen LogP contribution in [0.25, 0.3) is 0 Å². The number of hydrogen-bond acceptors (Lipinski definition) is 3. The van der Waals surface area contributed by atoms with Crippen LogP contribution in [-0.2, 0) is 23.1 Å². The molecule has 2 aromatic rings. The van der Waals surface area contributed by atoms with Crippen molar-refractivity contribution in [3.63, 3.8) is 0 Å². The summed E-state index contributed by atoms with van der Waals surface area (Å²) < 4.78 is 0. The number of carbonyl (C=O) groups excluding carboxylic acids is 1. The van der Waals surface area contributed by atoms with Crippen LogP contribution in [-0.4, -0.2) is 53.0 Å². The van der Waals surface area contributed by atoms with E-state index in [0.717, 1.165) is 43.7 Å². The molecule has 4 aliphatic carbocycles. The summed E-state index contributed by atoms with van der Waals surface area (Å²) in [4.78, 5) is 18.3. The van der Waals surface area contributed by atoms with Gasteiger partial charge in [0.05, 0.1) is 6.42 Å². The highest BCUT2D eigenvalue weighted by molar-refractivity contribution is 5.79. The second-order valence-corrected chi connectivity index (χ2v) is 12.1. The molecule has 1 amide bonds. The van der Waals surface area contributed by atoms with Gasteiger partial charge >= 0.3 is 0 Å². The molecule has 1 aliphatic heterocycles. The van der Waals surface area contributed by atoms with E-state index >= 15 is 0 Å². The van der Waals surface area contributed by atoms with Crippen molar-refractivity contribution in [1.82, 2.24) is 9.80 Å². The lowest BCUT2D eigenvalue weighted by atomic mass is 9.45. The molecule has 0 aromatic heterocycles. The van der Waals surface area contributed by atoms with Gasteiger partial charge in [0.2, 0.25) is 5.91 Å². The van der Waals surface area contributed by atoms with Crippen LogP contribution >= 0.6 is 0 Å². The minimum Gasteiger partial charge on any atom is -0.508 e. The van der Waals surface area contributed by atoms with Crippen LogP contribution in [0.4, 0.5) is 0 Å². The predicted octanol–water partition coefficient (Wildman–Crippen LogP) is 4.71. The van der Waals surface area contributed by atoms with Crippen molar-refractivity contribution < 1.29 is 9.90 Å². The maximum Gasteiger partial charge on any atom is 0.227 e. The molecule has 182 valence electrons. The van der Waals surface area contributed by atoms with E-state index in [1.807, 2.05) is 43.4 Å². The molecule has 5 aliphatic rings. The smallest absolute Gasteiger partial charge is 0.227 e. The monoisotopic (exact) mass is 468 g/mol. The number of phenolic OH excluding ortho intramolecular Hbond substituents is 1. The fourth-order valence-electron chi connectivity index (χ4n) is 8.50. The van der Waals surface area contributed by atoms with E-state index in [1.165, 1.54) is 30.5 Å². The quantitative estimate of drug-likeness (QED) is 0.647. The van der Waals surface area contributed by atoms with Gasteiger partial charge < -0.3 is 10.0 Å². The van der Waals surface area contributed by atoms with Crippen LogP contribution in [0.2, 0.25) is 0 Å². The van der Waals surface area contributed by atoms with E-state index in [-0.39, 0.29) is 22.8 Å². The molecule has 4 heteroatoms. The highest BCUT2D eigenvalue weighted by Crippen LogP contribution is 2.68. The molecule has 1 heterocycles. The van der Waals surface area contributed by atoms with Crippen molar-refractivity contribution in [3.05, 3.63) is 77.4 Å².